The number of nitrogens with zero attached hydrogens (tertiary/aromatic N) is 1. The third-order valence-electron chi connectivity index (χ3n) is 3.35. The Morgan fingerprint density at radius 3 is 2.57 bits per heavy atom. The molecule has 5 nitrogen and oxygen atoms in total. The SMILES string of the molecule is CCC(C)CN(CC)C(=O)Nc1ccc(I)cc1C(=O)O. The third-order valence-corrected chi connectivity index (χ3v) is 4.02. The van der Waals surface area contributed by atoms with Gasteiger partial charge in [0.2, 0.25) is 0 Å². The molecule has 2 N–H and O–H groups in total. The van der Waals surface area contributed by atoms with Crippen LogP contribution in [0, 0.1) is 9.49 Å². The molecule has 0 saturated carbocycles. The molecule has 0 fully saturated rings. The predicted octanol–water partition coefficient (Wildman–Crippen LogP) is 3.89. The van der Waals surface area contributed by atoms with Gasteiger partial charge in [0.25, 0.3) is 0 Å². The van der Waals surface area contributed by atoms with Crippen LogP contribution in [-0.2, 0) is 0 Å². The number of carboxylic acids is 1. The zero-order chi connectivity index (χ0) is 16.0. The number of urea groups is 1. The molecule has 0 spiro atoms. The summed E-state index contributed by atoms with van der Waals surface area (Å²) in [5.41, 5.74) is 0.436. The van der Waals surface area contributed by atoms with Gasteiger partial charge in [0.15, 0.2) is 0 Å². The molecule has 0 aromatic heterocycles. The number of rotatable bonds is 6. The normalized spacial score (nSPS) is 11.8. The zero-order valence-corrected chi connectivity index (χ0v) is 14.7. The third kappa shape index (κ3) is 5.18. The first-order chi connectivity index (χ1) is 9.88. The van der Waals surface area contributed by atoms with E-state index in [9.17, 15) is 14.7 Å². The molecule has 1 rings (SSSR count). The molecule has 116 valence electrons. The average Bonchev–Trinajstić information content (AvgIpc) is 2.45. The molecule has 1 aromatic carbocycles. The number of hydrogen-bond acceptors (Lipinski definition) is 2. The van der Waals surface area contributed by atoms with Crippen molar-refractivity contribution in [2.24, 2.45) is 5.92 Å². The lowest BCUT2D eigenvalue weighted by molar-refractivity contribution is 0.0698. The number of amides is 2. The van der Waals surface area contributed by atoms with E-state index >= 15 is 0 Å². The largest absolute Gasteiger partial charge is 0.478 e. The van der Waals surface area contributed by atoms with Gasteiger partial charge >= 0.3 is 12.0 Å². The van der Waals surface area contributed by atoms with Gasteiger partial charge < -0.3 is 15.3 Å². The number of halogens is 1. The average molecular weight is 404 g/mol. The summed E-state index contributed by atoms with van der Waals surface area (Å²) in [5, 5.41) is 11.9. The van der Waals surface area contributed by atoms with Crippen molar-refractivity contribution in [2.45, 2.75) is 27.2 Å². The van der Waals surface area contributed by atoms with Gasteiger partial charge in [-0.2, -0.15) is 0 Å². The summed E-state index contributed by atoms with van der Waals surface area (Å²) in [6, 6.07) is 4.68. The van der Waals surface area contributed by atoms with Crippen LogP contribution in [0.3, 0.4) is 0 Å². The Kier molecular flexibility index (Phi) is 6.94. The Hall–Kier alpha value is -1.31. The highest BCUT2D eigenvalue weighted by Gasteiger charge is 2.17. The van der Waals surface area contributed by atoms with E-state index in [1.807, 2.05) is 29.5 Å². The molecule has 0 saturated heterocycles. The van der Waals surface area contributed by atoms with Crippen LogP contribution in [0.2, 0.25) is 0 Å². The summed E-state index contributed by atoms with van der Waals surface area (Å²) >= 11 is 2.04. The van der Waals surface area contributed by atoms with Crippen LogP contribution in [0.15, 0.2) is 18.2 Å². The Bertz CT molecular complexity index is 520. The highest BCUT2D eigenvalue weighted by molar-refractivity contribution is 14.1. The van der Waals surface area contributed by atoms with Gasteiger partial charge in [0.1, 0.15) is 0 Å². The fraction of sp³-hybridized carbons (Fsp3) is 0.467. The fourth-order valence-corrected chi connectivity index (χ4v) is 2.35. The highest BCUT2D eigenvalue weighted by Crippen LogP contribution is 2.19. The number of carbonyl (C=O) groups is 2. The molecule has 0 aliphatic carbocycles. The van der Waals surface area contributed by atoms with E-state index in [2.05, 4.69) is 19.2 Å². The van der Waals surface area contributed by atoms with Crippen molar-refractivity contribution in [3.8, 4) is 0 Å². The summed E-state index contributed by atoms with van der Waals surface area (Å²) in [4.78, 5) is 25.2. The van der Waals surface area contributed by atoms with E-state index in [-0.39, 0.29) is 11.6 Å². The van der Waals surface area contributed by atoms with Crippen LogP contribution >= 0.6 is 22.6 Å². The maximum atomic E-state index is 12.3. The molecular formula is C15H21IN2O3. The molecular weight excluding hydrogens is 383 g/mol. The molecule has 0 bridgehead atoms. The van der Waals surface area contributed by atoms with Crippen molar-refractivity contribution in [3.63, 3.8) is 0 Å². The molecule has 0 aliphatic heterocycles. The summed E-state index contributed by atoms with van der Waals surface area (Å²) in [5.74, 6) is -0.639. The van der Waals surface area contributed by atoms with Gasteiger partial charge in [0, 0.05) is 16.7 Å². The Labute approximate surface area is 138 Å². The van der Waals surface area contributed by atoms with E-state index in [0.29, 0.717) is 24.7 Å². The van der Waals surface area contributed by atoms with E-state index in [1.54, 1.807) is 23.1 Å². The molecule has 0 radical (unpaired) electrons. The van der Waals surface area contributed by atoms with E-state index < -0.39 is 5.97 Å². The molecule has 1 atom stereocenters. The summed E-state index contributed by atoms with van der Waals surface area (Å²) in [7, 11) is 0. The topological polar surface area (TPSA) is 69.6 Å². The van der Waals surface area contributed by atoms with Crippen molar-refractivity contribution >= 4 is 40.3 Å². The van der Waals surface area contributed by atoms with Crippen molar-refractivity contribution in [2.75, 3.05) is 18.4 Å². The monoisotopic (exact) mass is 404 g/mol. The molecule has 0 aliphatic rings. The zero-order valence-electron chi connectivity index (χ0n) is 12.5. The van der Waals surface area contributed by atoms with Crippen molar-refractivity contribution in [1.82, 2.24) is 4.90 Å². The van der Waals surface area contributed by atoms with Crippen LogP contribution in [0.5, 0.6) is 0 Å². The van der Waals surface area contributed by atoms with Gasteiger partial charge in [0.05, 0.1) is 11.3 Å². The first-order valence-electron chi connectivity index (χ1n) is 6.97. The predicted molar refractivity (Wildman–Crippen MR) is 91.8 cm³/mol. The van der Waals surface area contributed by atoms with Crippen LogP contribution in [0.4, 0.5) is 10.5 Å². The van der Waals surface area contributed by atoms with Crippen molar-refractivity contribution in [1.29, 1.82) is 0 Å². The first-order valence-corrected chi connectivity index (χ1v) is 8.05. The Morgan fingerprint density at radius 1 is 1.38 bits per heavy atom. The molecule has 1 unspecified atom stereocenters. The van der Waals surface area contributed by atoms with E-state index in [4.69, 9.17) is 0 Å². The number of nitrogens with one attached hydrogen (secondary N) is 1. The molecule has 0 heterocycles. The summed E-state index contributed by atoms with van der Waals surface area (Å²) in [6.07, 6.45) is 0.994. The minimum absolute atomic E-state index is 0.106. The quantitative estimate of drug-likeness (QED) is 0.707. The van der Waals surface area contributed by atoms with Crippen LogP contribution < -0.4 is 5.32 Å². The van der Waals surface area contributed by atoms with E-state index in [1.165, 1.54) is 0 Å². The van der Waals surface area contributed by atoms with E-state index in [0.717, 1.165) is 9.99 Å². The summed E-state index contributed by atoms with van der Waals surface area (Å²) in [6.45, 7) is 7.32. The summed E-state index contributed by atoms with van der Waals surface area (Å²) < 4.78 is 0.815. The lowest BCUT2D eigenvalue weighted by atomic mass is 10.1. The number of carbonyl (C=O) groups excluding carboxylic acids is 1. The minimum Gasteiger partial charge on any atom is -0.478 e. The second-order valence-electron chi connectivity index (χ2n) is 4.98. The second kappa shape index (κ2) is 8.21. The molecule has 1 aromatic rings. The Balaban J connectivity index is 2.89. The number of carboxylic acid groups (broad SMARTS) is 1. The van der Waals surface area contributed by atoms with Gasteiger partial charge in [-0.25, -0.2) is 9.59 Å². The number of hydrogen-bond donors (Lipinski definition) is 2. The molecule has 21 heavy (non-hydrogen) atoms. The lowest BCUT2D eigenvalue weighted by Gasteiger charge is -2.24. The van der Waals surface area contributed by atoms with Gasteiger partial charge in [-0.1, -0.05) is 20.3 Å². The van der Waals surface area contributed by atoms with Gasteiger partial charge in [-0.15, -0.1) is 0 Å². The highest BCUT2D eigenvalue weighted by atomic mass is 127. The van der Waals surface area contributed by atoms with Crippen molar-refractivity contribution in [3.05, 3.63) is 27.3 Å². The van der Waals surface area contributed by atoms with Crippen LogP contribution in [0.1, 0.15) is 37.6 Å². The maximum Gasteiger partial charge on any atom is 0.337 e. The standard InChI is InChI=1S/C15H21IN2O3/c1-4-10(3)9-18(5-2)15(21)17-13-7-6-11(16)8-12(13)14(19)20/h6-8,10H,4-5,9H2,1-3H3,(H,17,21)(H,19,20). The number of anilines is 1. The van der Waals surface area contributed by atoms with Crippen LogP contribution in [0.25, 0.3) is 0 Å². The van der Waals surface area contributed by atoms with Gasteiger partial charge in [-0.3, -0.25) is 0 Å². The Morgan fingerprint density at radius 2 is 2.05 bits per heavy atom. The van der Waals surface area contributed by atoms with Crippen LogP contribution in [-0.4, -0.2) is 35.1 Å². The number of aromatic carboxylic acids is 1. The van der Waals surface area contributed by atoms with Crippen molar-refractivity contribution < 1.29 is 14.7 Å². The molecule has 6 heteroatoms. The second-order valence-corrected chi connectivity index (χ2v) is 6.22. The smallest absolute Gasteiger partial charge is 0.337 e. The fourth-order valence-electron chi connectivity index (χ4n) is 1.86. The maximum absolute atomic E-state index is 12.3. The first kappa shape index (κ1) is 17.7. The van der Waals surface area contributed by atoms with Gasteiger partial charge in [-0.05, 0) is 53.6 Å². The minimum atomic E-state index is -1.05. The number of benzene rings is 1. The lowest BCUT2D eigenvalue weighted by Crippen LogP contribution is -2.38. The molecule has 2 amide bonds.